The van der Waals surface area contributed by atoms with E-state index < -0.39 is 84.4 Å². The number of nitrogens with two attached hydrogens (primary N) is 2. The predicted molar refractivity (Wildman–Crippen MR) is 112 cm³/mol. The summed E-state index contributed by atoms with van der Waals surface area (Å²) in [6, 6.07) is -4.97. The number of carbonyl (C=O) groups excluding carboxylic acids is 4. The lowest BCUT2D eigenvalue weighted by Crippen LogP contribution is -2.59. The van der Waals surface area contributed by atoms with Gasteiger partial charge in [-0.15, -0.1) is 0 Å². The van der Waals surface area contributed by atoms with E-state index in [2.05, 4.69) is 16.0 Å². The first kappa shape index (κ1) is 28.8. The first-order chi connectivity index (χ1) is 14.7. The van der Waals surface area contributed by atoms with Gasteiger partial charge in [0.15, 0.2) is 0 Å². The van der Waals surface area contributed by atoms with E-state index in [0.717, 1.165) is 0 Å². The summed E-state index contributed by atoms with van der Waals surface area (Å²) in [6.07, 6.45) is -1.22. The lowest BCUT2D eigenvalue weighted by atomic mass is 9.98. The molecule has 182 valence electrons. The van der Waals surface area contributed by atoms with Gasteiger partial charge < -0.3 is 37.6 Å². The molecular weight excluding hydrogens is 426 g/mol. The molecular formula is C19H33N5O8. The highest BCUT2D eigenvalue weighted by Crippen LogP contribution is 2.08. The Kier molecular flexibility index (Phi) is 11.9. The van der Waals surface area contributed by atoms with Crippen molar-refractivity contribution in [2.75, 3.05) is 0 Å². The third-order valence-electron chi connectivity index (χ3n) is 4.51. The van der Waals surface area contributed by atoms with Crippen LogP contribution >= 0.6 is 0 Å². The smallest absolute Gasteiger partial charge is 0.326 e. The Balaban J connectivity index is 5.36. The fourth-order valence-electron chi connectivity index (χ4n) is 2.67. The van der Waals surface area contributed by atoms with Crippen molar-refractivity contribution in [3.63, 3.8) is 0 Å². The third kappa shape index (κ3) is 10.2. The Bertz CT molecular complexity index is 725. The maximum absolute atomic E-state index is 12.8. The quantitative estimate of drug-likeness (QED) is 0.151. The molecule has 0 aliphatic rings. The molecule has 0 spiro atoms. The molecule has 0 bridgehead atoms. The molecule has 9 N–H and O–H groups in total. The van der Waals surface area contributed by atoms with Gasteiger partial charge in [0, 0.05) is 6.42 Å². The lowest BCUT2D eigenvalue weighted by Gasteiger charge is -2.28. The fraction of sp³-hybridized carbons (Fsp3) is 0.684. The average Bonchev–Trinajstić information content (AvgIpc) is 2.65. The molecule has 0 saturated heterocycles. The van der Waals surface area contributed by atoms with Crippen LogP contribution in [0.5, 0.6) is 0 Å². The van der Waals surface area contributed by atoms with E-state index in [1.54, 1.807) is 27.7 Å². The van der Waals surface area contributed by atoms with Crippen LogP contribution in [0.3, 0.4) is 0 Å². The Hall–Kier alpha value is -3.22. The van der Waals surface area contributed by atoms with Crippen LogP contribution in [0, 0.1) is 11.8 Å². The maximum Gasteiger partial charge on any atom is 0.326 e. The molecule has 0 radical (unpaired) electrons. The molecule has 0 aromatic rings. The zero-order valence-corrected chi connectivity index (χ0v) is 18.6. The largest absolute Gasteiger partial charge is 0.481 e. The molecule has 4 atom stereocenters. The number of hydrogen-bond donors (Lipinski definition) is 7. The highest BCUT2D eigenvalue weighted by atomic mass is 16.4. The van der Waals surface area contributed by atoms with E-state index in [4.69, 9.17) is 16.6 Å². The van der Waals surface area contributed by atoms with Crippen molar-refractivity contribution in [2.24, 2.45) is 23.3 Å². The molecule has 0 aromatic heterocycles. The monoisotopic (exact) mass is 459 g/mol. The summed E-state index contributed by atoms with van der Waals surface area (Å²) in [5.41, 5.74) is 10.6. The number of aliphatic carboxylic acids is 2. The summed E-state index contributed by atoms with van der Waals surface area (Å²) >= 11 is 0. The molecule has 0 heterocycles. The van der Waals surface area contributed by atoms with Gasteiger partial charge in [-0.05, 0) is 18.3 Å². The maximum atomic E-state index is 12.8. The standard InChI is InChI=1S/C19H33N5O8/c1-8(2)14(17(29)22-11(19(31)32)5-6-13(26)27)24-18(30)15(9(3)4)23-16(28)10(20)7-12(21)25/h8-11,14-15H,5-7,20H2,1-4H3,(H2,21,25)(H,22,29)(H,23,28)(H,24,30)(H,26,27)(H,31,32). The molecule has 13 nitrogen and oxygen atoms in total. The Labute approximate surface area is 185 Å². The summed E-state index contributed by atoms with van der Waals surface area (Å²) in [6.45, 7) is 6.51. The number of carbonyl (C=O) groups is 6. The molecule has 0 aliphatic carbocycles. The summed E-state index contributed by atoms with van der Waals surface area (Å²) < 4.78 is 0. The van der Waals surface area contributed by atoms with Crippen LogP contribution in [0.15, 0.2) is 0 Å². The number of carboxylic acids is 2. The molecule has 0 rings (SSSR count). The summed E-state index contributed by atoms with van der Waals surface area (Å²) in [5.74, 6) is -6.61. The van der Waals surface area contributed by atoms with Gasteiger partial charge in [-0.2, -0.15) is 0 Å². The number of primary amides is 1. The normalized spacial score (nSPS) is 14.7. The van der Waals surface area contributed by atoms with Crippen molar-refractivity contribution in [1.82, 2.24) is 16.0 Å². The van der Waals surface area contributed by atoms with Crippen molar-refractivity contribution in [3.8, 4) is 0 Å². The van der Waals surface area contributed by atoms with Crippen LogP contribution in [0.25, 0.3) is 0 Å². The summed E-state index contributed by atoms with van der Waals surface area (Å²) in [5, 5.41) is 25.1. The van der Waals surface area contributed by atoms with E-state index in [9.17, 15) is 33.9 Å². The zero-order chi connectivity index (χ0) is 25.2. The topological polar surface area (TPSA) is 231 Å². The van der Waals surface area contributed by atoms with Crippen LogP contribution in [-0.2, 0) is 28.8 Å². The van der Waals surface area contributed by atoms with Crippen molar-refractivity contribution < 1.29 is 39.0 Å². The van der Waals surface area contributed by atoms with Crippen molar-refractivity contribution in [1.29, 1.82) is 0 Å². The molecule has 32 heavy (non-hydrogen) atoms. The Morgan fingerprint density at radius 1 is 0.781 bits per heavy atom. The lowest BCUT2D eigenvalue weighted by molar-refractivity contribution is -0.143. The van der Waals surface area contributed by atoms with Crippen molar-refractivity contribution in [3.05, 3.63) is 0 Å². The highest BCUT2D eigenvalue weighted by molar-refractivity contribution is 5.95. The van der Waals surface area contributed by atoms with Crippen LogP contribution in [-0.4, -0.2) is 69.9 Å². The molecule has 0 aromatic carbocycles. The minimum Gasteiger partial charge on any atom is -0.481 e. The zero-order valence-electron chi connectivity index (χ0n) is 18.6. The van der Waals surface area contributed by atoms with E-state index in [1.807, 2.05) is 0 Å². The second kappa shape index (κ2) is 13.2. The van der Waals surface area contributed by atoms with Crippen molar-refractivity contribution in [2.45, 2.75) is 71.1 Å². The molecule has 0 fully saturated rings. The number of hydrogen-bond acceptors (Lipinski definition) is 7. The number of carboxylic acid groups (broad SMARTS) is 2. The first-order valence-corrected chi connectivity index (χ1v) is 10.1. The molecule has 0 aliphatic heterocycles. The van der Waals surface area contributed by atoms with E-state index in [-0.39, 0.29) is 6.42 Å². The van der Waals surface area contributed by atoms with Crippen molar-refractivity contribution >= 4 is 35.6 Å². The number of amides is 4. The fourth-order valence-corrected chi connectivity index (χ4v) is 2.67. The van der Waals surface area contributed by atoms with Gasteiger partial charge in [0.25, 0.3) is 0 Å². The summed E-state index contributed by atoms with van der Waals surface area (Å²) in [7, 11) is 0. The molecule has 4 unspecified atom stereocenters. The van der Waals surface area contributed by atoms with Gasteiger partial charge in [-0.1, -0.05) is 27.7 Å². The predicted octanol–water partition coefficient (Wildman–Crippen LogP) is -2.10. The minimum absolute atomic E-state index is 0.336. The first-order valence-electron chi connectivity index (χ1n) is 10.1. The Morgan fingerprint density at radius 2 is 1.22 bits per heavy atom. The third-order valence-corrected chi connectivity index (χ3v) is 4.51. The van der Waals surface area contributed by atoms with Crippen LogP contribution < -0.4 is 27.4 Å². The molecule has 13 heteroatoms. The second-order valence-corrected chi connectivity index (χ2v) is 8.07. The second-order valence-electron chi connectivity index (χ2n) is 8.07. The van der Waals surface area contributed by atoms with Crippen LogP contribution in [0.1, 0.15) is 47.0 Å². The summed E-state index contributed by atoms with van der Waals surface area (Å²) in [4.78, 5) is 70.6. The Morgan fingerprint density at radius 3 is 1.59 bits per heavy atom. The van der Waals surface area contributed by atoms with Gasteiger partial charge in [0.05, 0.1) is 12.5 Å². The van der Waals surface area contributed by atoms with E-state index >= 15 is 0 Å². The van der Waals surface area contributed by atoms with Gasteiger partial charge in [-0.3, -0.25) is 24.0 Å². The molecule has 0 saturated carbocycles. The van der Waals surface area contributed by atoms with Gasteiger partial charge >= 0.3 is 11.9 Å². The SMILES string of the molecule is CC(C)C(NC(=O)C(N)CC(N)=O)C(=O)NC(C(=O)NC(CCC(=O)O)C(=O)O)C(C)C. The average molecular weight is 460 g/mol. The number of rotatable bonds is 14. The number of nitrogens with one attached hydrogen (secondary N) is 3. The minimum atomic E-state index is -1.45. The van der Waals surface area contributed by atoms with E-state index in [1.165, 1.54) is 0 Å². The van der Waals surface area contributed by atoms with E-state index in [0.29, 0.717) is 0 Å². The van der Waals surface area contributed by atoms with Crippen LogP contribution in [0.4, 0.5) is 0 Å². The van der Waals surface area contributed by atoms with Crippen LogP contribution in [0.2, 0.25) is 0 Å². The molecule has 4 amide bonds. The van der Waals surface area contributed by atoms with Gasteiger partial charge in [0.1, 0.15) is 18.1 Å². The van der Waals surface area contributed by atoms with Gasteiger partial charge in [-0.25, -0.2) is 4.79 Å². The van der Waals surface area contributed by atoms with Gasteiger partial charge in [0.2, 0.25) is 23.6 Å². The highest BCUT2D eigenvalue weighted by Gasteiger charge is 2.33.